The Balaban J connectivity index is 2.54. The van der Waals surface area contributed by atoms with Crippen LogP contribution in [-0.4, -0.2) is 37.0 Å². The van der Waals surface area contributed by atoms with Gasteiger partial charge in [-0.05, 0) is 38.5 Å². The van der Waals surface area contributed by atoms with E-state index in [0.29, 0.717) is 34.5 Å². The van der Waals surface area contributed by atoms with E-state index in [1.54, 1.807) is 32.0 Å². The summed E-state index contributed by atoms with van der Waals surface area (Å²) in [4.78, 5) is 0. The van der Waals surface area contributed by atoms with Crippen LogP contribution in [0.3, 0.4) is 0 Å². The molecule has 22 heavy (non-hydrogen) atoms. The van der Waals surface area contributed by atoms with Crippen LogP contribution in [0.25, 0.3) is 11.0 Å². The van der Waals surface area contributed by atoms with Crippen molar-refractivity contribution in [2.24, 2.45) is 0 Å². The van der Waals surface area contributed by atoms with Crippen LogP contribution in [-0.2, 0) is 10.0 Å². The second-order valence-electron chi connectivity index (χ2n) is 5.37. The summed E-state index contributed by atoms with van der Waals surface area (Å²) in [5.74, 6) is 0. The minimum Gasteiger partial charge on any atom is -0.443 e. The van der Waals surface area contributed by atoms with Gasteiger partial charge in [-0.25, -0.2) is 8.42 Å². The quantitative estimate of drug-likeness (QED) is 0.872. The molecule has 0 aliphatic carbocycles. The number of hydrogen-bond acceptors (Lipinski definition) is 4. The van der Waals surface area contributed by atoms with Gasteiger partial charge in [0.25, 0.3) is 10.0 Å². The molecule has 0 bridgehead atoms. The first-order chi connectivity index (χ1) is 10.3. The third-order valence-corrected chi connectivity index (χ3v) is 5.47. The maximum Gasteiger partial charge on any atom is 0.276 e. The molecule has 7 heteroatoms. The molecule has 2 aromatic rings. The molecule has 0 fully saturated rings. The van der Waals surface area contributed by atoms with Crippen LogP contribution in [0, 0.1) is 6.92 Å². The van der Waals surface area contributed by atoms with Crippen molar-refractivity contribution in [3.05, 3.63) is 28.8 Å². The lowest BCUT2D eigenvalue weighted by Crippen LogP contribution is -2.37. The average molecular weight is 346 g/mol. The fourth-order valence-corrected chi connectivity index (χ4v) is 4.32. The van der Waals surface area contributed by atoms with Crippen molar-refractivity contribution in [2.45, 2.75) is 38.4 Å². The Morgan fingerprint density at radius 2 is 2.09 bits per heavy atom. The van der Waals surface area contributed by atoms with Crippen molar-refractivity contribution in [1.29, 1.82) is 0 Å². The first kappa shape index (κ1) is 17.3. The molecule has 1 unspecified atom stereocenters. The van der Waals surface area contributed by atoms with Gasteiger partial charge in [0.05, 0.1) is 6.10 Å². The summed E-state index contributed by atoms with van der Waals surface area (Å²) in [6.07, 6.45) is -0.0997. The van der Waals surface area contributed by atoms with Gasteiger partial charge >= 0.3 is 0 Å². The molecule has 0 aliphatic heterocycles. The lowest BCUT2D eigenvalue weighted by atomic mass is 10.2. The zero-order chi connectivity index (χ0) is 16.5. The number of rotatable bonds is 6. The molecule has 0 spiro atoms. The molecular weight excluding hydrogens is 326 g/mol. The van der Waals surface area contributed by atoms with Crippen molar-refractivity contribution in [1.82, 2.24) is 4.31 Å². The van der Waals surface area contributed by atoms with Crippen LogP contribution in [0.2, 0.25) is 5.02 Å². The van der Waals surface area contributed by atoms with E-state index in [1.807, 2.05) is 6.92 Å². The number of furan rings is 1. The first-order valence-corrected chi connectivity index (χ1v) is 8.96. The van der Waals surface area contributed by atoms with Gasteiger partial charge in [-0.15, -0.1) is 0 Å². The van der Waals surface area contributed by atoms with Crippen LogP contribution in [0.4, 0.5) is 0 Å². The minimum absolute atomic E-state index is 0.0351. The molecule has 5 nitrogen and oxygen atoms in total. The molecule has 2 rings (SSSR count). The monoisotopic (exact) mass is 345 g/mol. The molecule has 122 valence electrons. The molecule has 0 amide bonds. The van der Waals surface area contributed by atoms with Gasteiger partial charge in [0, 0.05) is 29.1 Å². The van der Waals surface area contributed by atoms with E-state index in [-0.39, 0.29) is 11.6 Å². The summed E-state index contributed by atoms with van der Waals surface area (Å²) < 4.78 is 32.5. The highest BCUT2D eigenvalue weighted by atomic mass is 35.5. The zero-order valence-electron chi connectivity index (χ0n) is 12.8. The molecule has 0 radical (unpaired) electrons. The number of aliphatic hydroxyl groups is 1. The summed E-state index contributed by atoms with van der Waals surface area (Å²) in [5, 5.41) is 10.7. The summed E-state index contributed by atoms with van der Waals surface area (Å²) in [5.41, 5.74) is 1.01. The third kappa shape index (κ3) is 3.30. The Hall–Kier alpha value is -1.08. The predicted molar refractivity (Wildman–Crippen MR) is 86.7 cm³/mol. The SMILES string of the molecule is CCCN(CC(C)O)S(=O)(=O)c1oc2ccc(Cl)cc2c1C. The highest BCUT2D eigenvalue weighted by molar-refractivity contribution is 7.89. The summed E-state index contributed by atoms with van der Waals surface area (Å²) in [6, 6.07) is 5.00. The highest BCUT2D eigenvalue weighted by Crippen LogP contribution is 2.32. The van der Waals surface area contributed by atoms with E-state index in [2.05, 4.69) is 0 Å². The van der Waals surface area contributed by atoms with Gasteiger partial charge in [-0.1, -0.05) is 18.5 Å². The Labute approximate surface area is 135 Å². The van der Waals surface area contributed by atoms with E-state index in [0.717, 1.165) is 0 Å². The maximum atomic E-state index is 12.8. The number of hydrogen-bond donors (Lipinski definition) is 1. The number of sulfonamides is 1. The van der Waals surface area contributed by atoms with Crippen molar-refractivity contribution in [2.75, 3.05) is 13.1 Å². The summed E-state index contributed by atoms with van der Waals surface area (Å²) >= 11 is 5.96. The highest BCUT2D eigenvalue weighted by Gasteiger charge is 2.31. The summed E-state index contributed by atoms with van der Waals surface area (Å²) in [6.45, 7) is 5.50. The standard InChI is InChI=1S/C15H20ClNO4S/c1-4-7-17(9-10(2)18)22(19,20)15-11(3)13-8-12(16)5-6-14(13)21-15/h5-6,8,10,18H,4,7,9H2,1-3H3. The lowest BCUT2D eigenvalue weighted by Gasteiger charge is -2.21. The van der Waals surface area contributed by atoms with Crippen molar-refractivity contribution in [3.8, 4) is 0 Å². The second kappa shape index (κ2) is 6.58. The molecule has 1 heterocycles. The molecule has 0 aliphatic rings. The fraction of sp³-hybridized carbons (Fsp3) is 0.467. The normalized spacial score (nSPS) is 13.9. The number of halogens is 1. The average Bonchev–Trinajstić information content (AvgIpc) is 2.76. The van der Waals surface area contributed by atoms with Gasteiger partial charge < -0.3 is 9.52 Å². The molecule has 1 aromatic heterocycles. The fourth-order valence-electron chi connectivity index (χ4n) is 2.39. The molecule has 1 aromatic carbocycles. The number of nitrogens with zero attached hydrogens (tertiary/aromatic N) is 1. The number of benzene rings is 1. The zero-order valence-corrected chi connectivity index (χ0v) is 14.4. The molecular formula is C15H20ClNO4S. The Kier molecular flexibility index (Phi) is 5.17. The van der Waals surface area contributed by atoms with Crippen LogP contribution in [0.5, 0.6) is 0 Å². The van der Waals surface area contributed by atoms with Crippen molar-refractivity contribution >= 4 is 32.6 Å². The third-order valence-electron chi connectivity index (χ3n) is 3.37. The Morgan fingerprint density at radius 3 is 2.68 bits per heavy atom. The van der Waals surface area contributed by atoms with E-state index in [4.69, 9.17) is 16.0 Å². The first-order valence-electron chi connectivity index (χ1n) is 7.14. The van der Waals surface area contributed by atoms with Crippen LogP contribution in [0.1, 0.15) is 25.8 Å². The number of fused-ring (bicyclic) bond motifs is 1. The largest absolute Gasteiger partial charge is 0.443 e. The smallest absolute Gasteiger partial charge is 0.276 e. The second-order valence-corrected chi connectivity index (χ2v) is 7.64. The van der Waals surface area contributed by atoms with Gasteiger partial charge in [0.15, 0.2) is 0 Å². The van der Waals surface area contributed by atoms with Crippen LogP contribution in [0.15, 0.2) is 27.7 Å². The van der Waals surface area contributed by atoms with Gasteiger partial charge in [-0.2, -0.15) is 4.31 Å². The molecule has 0 saturated carbocycles. The maximum absolute atomic E-state index is 12.8. The topological polar surface area (TPSA) is 70.8 Å². The Bertz CT molecular complexity index is 767. The van der Waals surface area contributed by atoms with Gasteiger partial charge in [0.1, 0.15) is 5.58 Å². The van der Waals surface area contributed by atoms with Crippen molar-refractivity contribution in [3.63, 3.8) is 0 Å². The van der Waals surface area contributed by atoms with Crippen molar-refractivity contribution < 1.29 is 17.9 Å². The van der Waals surface area contributed by atoms with Crippen LogP contribution < -0.4 is 0 Å². The van der Waals surface area contributed by atoms with E-state index < -0.39 is 16.1 Å². The summed E-state index contributed by atoms with van der Waals surface area (Å²) in [7, 11) is -3.80. The molecule has 1 N–H and O–H groups in total. The Morgan fingerprint density at radius 1 is 1.41 bits per heavy atom. The molecule has 1 atom stereocenters. The lowest BCUT2D eigenvalue weighted by molar-refractivity contribution is 0.162. The van der Waals surface area contributed by atoms with Crippen LogP contribution >= 0.6 is 11.6 Å². The number of aliphatic hydroxyl groups excluding tert-OH is 1. The minimum atomic E-state index is -3.80. The van der Waals surface area contributed by atoms with E-state index in [1.165, 1.54) is 4.31 Å². The number of aryl methyl sites for hydroxylation is 1. The predicted octanol–water partition coefficient (Wildman–Crippen LogP) is 3.18. The van der Waals surface area contributed by atoms with E-state index >= 15 is 0 Å². The van der Waals surface area contributed by atoms with E-state index in [9.17, 15) is 13.5 Å². The van der Waals surface area contributed by atoms with Gasteiger partial charge in [-0.3, -0.25) is 0 Å². The van der Waals surface area contributed by atoms with Gasteiger partial charge in [0.2, 0.25) is 5.09 Å². The molecule has 0 saturated heterocycles.